The lowest BCUT2D eigenvalue weighted by molar-refractivity contribution is 0.333. The molecule has 0 aliphatic carbocycles. The highest BCUT2D eigenvalue weighted by molar-refractivity contribution is 7.83. The van der Waals surface area contributed by atoms with E-state index in [0.29, 0.717) is 6.42 Å². The fraction of sp³-hybridized carbons (Fsp3) is 0.429. The van der Waals surface area contributed by atoms with Crippen LogP contribution in [0.15, 0.2) is 47.4 Å². The third-order valence-corrected chi connectivity index (χ3v) is 5.69. The Kier molecular flexibility index (Phi) is 6.53. The van der Waals surface area contributed by atoms with Crippen LogP contribution in [0.4, 0.5) is 4.39 Å². The second-order valence-corrected chi connectivity index (χ2v) is 8.83. The van der Waals surface area contributed by atoms with Crippen LogP contribution in [0, 0.1) is 13.8 Å². The lowest BCUT2D eigenvalue weighted by atomic mass is 9.85. The van der Waals surface area contributed by atoms with Crippen molar-refractivity contribution < 1.29 is 8.60 Å². The number of halogens is 1. The molecule has 0 saturated heterocycles. The van der Waals surface area contributed by atoms with Gasteiger partial charge in [0.1, 0.15) is 17.2 Å². The van der Waals surface area contributed by atoms with Crippen molar-refractivity contribution >= 4 is 11.0 Å². The van der Waals surface area contributed by atoms with Crippen molar-refractivity contribution in [1.82, 2.24) is 4.72 Å². The average molecular weight is 362 g/mol. The highest BCUT2D eigenvalue weighted by atomic mass is 32.2. The monoisotopic (exact) mass is 361 g/mol. The maximum Gasteiger partial charge on any atom is 0.125 e. The molecule has 0 amide bonds. The second kappa shape index (κ2) is 8.24. The molecule has 2 unspecified atom stereocenters. The highest BCUT2D eigenvalue weighted by Gasteiger charge is 2.19. The van der Waals surface area contributed by atoms with E-state index in [4.69, 9.17) is 0 Å². The quantitative estimate of drug-likeness (QED) is 0.787. The van der Waals surface area contributed by atoms with Gasteiger partial charge in [-0.05, 0) is 41.5 Å². The topological polar surface area (TPSA) is 29.1 Å². The van der Waals surface area contributed by atoms with Crippen LogP contribution in [-0.4, -0.2) is 16.9 Å². The molecular weight excluding hydrogens is 333 g/mol. The van der Waals surface area contributed by atoms with Crippen LogP contribution in [0.1, 0.15) is 43.0 Å². The first-order valence-electron chi connectivity index (χ1n) is 8.63. The molecule has 0 saturated carbocycles. The van der Waals surface area contributed by atoms with E-state index in [1.165, 1.54) is 5.56 Å². The zero-order valence-electron chi connectivity index (χ0n) is 15.7. The van der Waals surface area contributed by atoms with Gasteiger partial charge >= 0.3 is 0 Å². The molecule has 1 N–H and O–H groups in total. The minimum Gasteiger partial charge on any atom is -0.246 e. The Bertz CT molecular complexity index is 714. The Morgan fingerprint density at radius 3 is 2.16 bits per heavy atom. The molecule has 2 aromatic rings. The number of aryl methyl sites for hydroxylation is 2. The summed E-state index contributed by atoms with van der Waals surface area (Å²) in [5.74, 6) is 0. The molecule has 0 aliphatic heterocycles. The van der Waals surface area contributed by atoms with Gasteiger partial charge < -0.3 is 0 Å². The van der Waals surface area contributed by atoms with Crippen molar-refractivity contribution in [2.24, 2.45) is 0 Å². The molecular formula is C21H28FNOS. The minimum atomic E-state index is -1.41. The fourth-order valence-corrected chi connectivity index (χ4v) is 4.04. The molecule has 0 aliphatic rings. The van der Waals surface area contributed by atoms with E-state index in [2.05, 4.69) is 37.6 Å². The SMILES string of the molecule is Cc1cc(C(C)(C)C)cc(C)c1S(=O)NCC(F)Cc1ccccc1. The standard InChI is InChI=1S/C21H28FNOS/c1-15-11-18(21(3,4)5)12-16(2)20(15)25(24)23-14-19(22)13-17-9-7-6-8-10-17/h6-12,19,23H,13-14H2,1-5H3. The van der Waals surface area contributed by atoms with Crippen molar-refractivity contribution in [1.29, 1.82) is 0 Å². The highest BCUT2D eigenvalue weighted by Crippen LogP contribution is 2.28. The number of alkyl halides is 1. The summed E-state index contributed by atoms with van der Waals surface area (Å²) in [7, 11) is -1.41. The molecule has 0 fully saturated rings. The van der Waals surface area contributed by atoms with Gasteiger partial charge in [0.05, 0.1) is 4.90 Å². The van der Waals surface area contributed by atoms with Crippen molar-refractivity contribution in [2.75, 3.05) is 6.54 Å². The zero-order valence-corrected chi connectivity index (χ0v) is 16.5. The predicted molar refractivity (Wildman–Crippen MR) is 104 cm³/mol. The maximum atomic E-state index is 14.2. The number of rotatable bonds is 6. The molecule has 4 heteroatoms. The Morgan fingerprint density at radius 2 is 1.64 bits per heavy atom. The summed E-state index contributed by atoms with van der Waals surface area (Å²) in [6.45, 7) is 10.5. The lowest BCUT2D eigenvalue weighted by Crippen LogP contribution is -2.28. The Hall–Kier alpha value is -1.52. The van der Waals surface area contributed by atoms with Crippen LogP contribution in [0.25, 0.3) is 0 Å². The molecule has 0 radical (unpaired) electrons. The molecule has 0 bridgehead atoms. The average Bonchev–Trinajstić information content (AvgIpc) is 2.52. The first-order valence-corrected chi connectivity index (χ1v) is 9.78. The van der Waals surface area contributed by atoms with E-state index in [0.717, 1.165) is 21.6 Å². The van der Waals surface area contributed by atoms with Crippen LogP contribution in [-0.2, 0) is 22.8 Å². The first-order chi connectivity index (χ1) is 11.7. The Morgan fingerprint density at radius 1 is 1.08 bits per heavy atom. The summed E-state index contributed by atoms with van der Waals surface area (Å²) in [5, 5.41) is 0. The summed E-state index contributed by atoms with van der Waals surface area (Å²) in [5.41, 5.74) is 4.17. The van der Waals surface area contributed by atoms with Gasteiger partial charge in [0.2, 0.25) is 0 Å². The van der Waals surface area contributed by atoms with E-state index in [1.807, 2.05) is 44.2 Å². The fourth-order valence-electron chi connectivity index (χ4n) is 2.86. The molecule has 2 aromatic carbocycles. The predicted octanol–water partition coefficient (Wildman–Crippen LogP) is 4.79. The lowest BCUT2D eigenvalue weighted by Gasteiger charge is -2.22. The summed E-state index contributed by atoms with van der Waals surface area (Å²) >= 11 is 0. The number of hydrogen-bond donors (Lipinski definition) is 1. The molecule has 0 spiro atoms. The number of benzene rings is 2. The summed E-state index contributed by atoms with van der Waals surface area (Å²) in [6.07, 6.45) is -0.743. The molecule has 2 nitrogen and oxygen atoms in total. The molecule has 2 rings (SSSR count). The number of nitrogens with one attached hydrogen (secondary N) is 1. The normalized spacial score (nSPS) is 14.3. The van der Waals surface area contributed by atoms with Gasteiger partial charge in [-0.15, -0.1) is 0 Å². The summed E-state index contributed by atoms with van der Waals surface area (Å²) in [4.78, 5) is 0.764. The molecule has 0 heterocycles. The van der Waals surface area contributed by atoms with Gasteiger partial charge in [-0.2, -0.15) is 0 Å². The third-order valence-electron chi connectivity index (χ3n) is 4.25. The van der Waals surface area contributed by atoms with E-state index in [9.17, 15) is 8.60 Å². The smallest absolute Gasteiger partial charge is 0.125 e. The Labute approximate surface area is 153 Å². The van der Waals surface area contributed by atoms with Gasteiger partial charge in [0.15, 0.2) is 0 Å². The van der Waals surface area contributed by atoms with Gasteiger partial charge in [0.25, 0.3) is 0 Å². The van der Waals surface area contributed by atoms with Crippen LogP contribution in [0.3, 0.4) is 0 Å². The third kappa shape index (κ3) is 5.48. The van der Waals surface area contributed by atoms with Gasteiger partial charge in [-0.25, -0.2) is 13.3 Å². The van der Waals surface area contributed by atoms with E-state index in [1.54, 1.807) is 0 Å². The largest absolute Gasteiger partial charge is 0.246 e. The zero-order chi connectivity index (χ0) is 18.6. The summed E-state index contributed by atoms with van der Waals surface area (Å²) < 4.78 is 29.7. The van der Waals surface area contributed by atoms with Crippen LogP contribution < -0.4 is 4.72 Å². The number of hydrogen-bond acceptors (Lipinski definition) is 1. The van der Waals surface area contributed by atoms with Crippen molar-refractivity contribution in [3.63, 3.8) is 0 Å². The van der Waals surface area contributed by atoms with Crippen molar-refractivity contribution in [2.45, 2.75) is 57.5 Å². The Balaban J connectivity index is 2.03. The van der Waals surface area contributed by atoms with E-state index >= 15 is 0 Å². The molecule has 136 valence electrons. The maximum absolute atomic E-state index is 14.2. The van der Waals surface area contributed by atoms with Gasteiger partial charge in [-0.1, -0.05) is 63.2 Å². The molecule has 25 heavy (non-hydrogen) atoms. The molecule has 0 aromatic heterocycles. The first kappa shape index (κ1) is 19.8. The van der Waals surface area contributed by atoms with Gasteiger partial charge in [0, 0.05) is 13.0 Å². The van der Waals surface area contributed by atoms with E-state index < -0.39 is 17.2 Å². The van der Waals surface area contributed by atoms with Crippen molar-refractivity contribution in [3.8, 4) is 0 Å². The van der Waals surface area contributed by atoms with Crippen LogP contribution in [0.2, 0.25) is 0 Å². The van der Waals surface area contributed by atoms with Crippen LogP contribution >= 0.6 is 0 Å². The van der Waals surface area contributed by atoms with Crippen molar-refractivity contribution in [3.05, 3.63) is 64.7 Å². The van der Waals surface area contributed by atoms with Gasteiger partial charge in [-0.3, -0.25) is 0 Å². The second-order valence-electron chi connectivity index (χ2n) is 7.59. The van der Waals surface area contributed by atoms with E-state index in [-0.39, 0.29) is 12.0 Å². The van der Waals surface area contributed by atoms with Crippen LogP contribution in [0.5, 0.6) is 0 Å². The summed E-state index contributed by atoms with van der Waals surface area (Å²) in [6, 6.07) is 13.7. The molecule has 2 atom stereocenters. The minimum absolute atomic E-state index is 0.0443.